The van der Waals surface area contributed by atoms with Gasteiger partial charge in [0.25, 0.3) is 10.0 Å². The number of amidine groups is 1. The Bertz CT molecular complexity index is 903. The Labute approximate surface area is 136 Å². The summed E-state index contributed by atoms with van der Waals surface area (Å²) < 4.78 is 28.5. The Morgan fingerprint density at radius 3 is 2.57 bits per heavy atom. The Kier molecular flexibility index (Phi) is 3.27. The fourth-order valence-corrected chi connectivity index (χ4v) is 4.77. The third-order valence-electron chi connectivity index (χ3n) is 4.82. The molecule has 0 radical (unpaired) electrons. The van der Waals surface area contributed by atoms with Crippen LogP contribution >= 0.6 is 0 Å². The summed E-state index contributed by atoms with van der Waals surface area (Å²) in [6, 6.07) is 15.8. The van der Waals surface area contributed by atoms with Gasteiger partial charge in [0.2, 0.25) is 0 Å². The van der Waals surface area contributed by atoms with Crippen LogP contribution in [0.2, 0.25) is 0 Å². The lowest BCUT2D eigenvalue weighted by Gasteiger charge is -2.33. The molecule has 0 spiro atoms. The van der Waals surface area contributed by atoms with E-state index in [1.807, 2.05) is 24.1 Å². The van der Waals surface area contributed by atoms with E-state index in [1.165, 1.54) is 11.1 Å². The van der Waals surface area contributed by atoms with Crippen molar-refractivity contribution in [2.75, 3.05) is 7.05 Å². The average Bonchev–Trinajstić information content (AvgIpc) is 2.86. The topological polar surface area (TPSA) is 49.7 Å². The standard InChI is InChI=1S/C18H18N2O2S/c1-20(15-11-10-13-6-2-3-7-14(13)12-15)18-16-8-4-5-9-17(16)23(21,22)19-18/h2-9,15H,10-12H2,1H3. The van der Waals surface area contributed by atoms with Gasteiger partial charge in [-0.05, 0) is 42.5 Å². The third kappa shape index (κ3) is 2.36. The van der Waals surface area contributed by atoms with Crippen LogP contribution in [0.5, 0.6) is 0 Å². The molecular weight excluding hydrogens is 308 g/mol. The van der Waals surface area contributed by atoms with Crippen LogP contribution in [0.4, 0.5) is 0 Å². The number of likely N-dealkylation sites (N-methyl/N-ethyl adjacent to an activating group) is 1. The van der Waals surface area contributed by atoms with Gasteiger partial charge in [-0.15, -0.1) is 4.40 Å². The molecule has 0 amide bonds. The van der Waals surface area contributed by atoms with Crippen molar-refractivity contribution >= 4 is 15.9 Å². The maximum absolute atomic E-state index is 12.2. The Hall–Kier alpha value is -2.14. The molecule has 118 valence electrons. The highest BCUT2D eigenvalue weighted by Crippen LogP contribution is 2.30. The summed E-state index contributed by atoms with van der Waals surface area (Å²) in [7, 11) is -1.60. The smallest absolute Gasteiger partial charge is 0.285 e. The van der Waals surface area contributed by atoms with Crippen LogP contribution in [0.1, 0.15) is 23.1 Å². The first-order valence-electron chi connectivity index (χ1n) is 7.80. The number of hydrogen-bond donors (Lipinski definition) is 0. The lowest BCUT2D eigenvalue weighted by molar-refractivity contribution is 0.332. The molecule has 1 heterocycles. The molecule has 2 aliphatic rings. The summed E-state index contributed by atoms with van der Waals surface area (Å²) in [4.78, 5) is 2.36. The van der Waals surface area contributed by atoms with E-state index in [0.29, 0.717) is 16.3 Å². The lowest BCUT2D eigenvalue weighted by atomic mass is 9.87. The molecule has 2 aromatic carbocycles. The summed E-state index contributed by atoms with van der Waals surface area (Å²) in [6.45, 7) is 0. The van der Waals surface area contributed by atoms with E-state index < -0.39 is 10.0 Å². The summed E-state index contributed by atoms with van der Waals surface area (Å²) in [5.74, 6) is 0.574. The van der Waals surface area contributed by atoms with Gasteiger partial charge in [0, 0.05) is 18.7 Å². The van der Waals surface area contributed by atoms with Crippen LogP contribution in [0.25, 0.3) is 0 Å². The fraction of sp³-hybridized carbons (Fsp3) is 0.278. The Morgan fingerprint density at radius 1 is 1.04 bits per heavy atom. The minimum atomic E-state index is -3.55. The molecule has 4 nitrogen and oxygen atoms in total. The second kappa shape index (κ2) is 5.20. The Morgan fingerprint density at radius 2 is 1.74 bits per heavy atom. The summed E-state index contributed by atoms with van der Waals surface area (Å²) in [5, 5.41) is 0. The largest absolute Gasteiger partial charge is 0.355 e. The number of fused-ring (bicyclic) bond motifs is 2. The normalized spacial score (nSPS) is 21.3. The summed E-state index contributed by atoms with van der Waals surface area (Å²) in [5.41, 5.74) is 3.47. The number of rotatable bonds is 1. The predicted molar refractivity (Wildman–Crippen MR) is 90.2 cm³/mol. The van der Waals surface area contributed by atoms with Gasteiger partial charge >= 0.3 is 0 Å². The van der Waals surface area contributed by atoms with Crippen molar-refractivity contribution in [1.29, 1.82) is 0 Å². The third-order valence-corrected chi connectivity index (χ3v) is 6.14. The molecular formula is C18H18N2O2S. The van der Waals surface area contributed by atoms with E-state index in [9.17, 15) is 8.42 Å². The first-order chi connectivity index (χ1) is 11.1. The van der Waals surface area contributed by atoms with Crippen LogP contribution in [-0.2, 0) is 22.9 Å². The molecule has 1 atom stereocenters. The molecule has 1 aliphatic heterocycles. The summed E-state index contributed by atoms with van der Waals surface area (Å²) in [6.07, 6.45) is 2.95. The van der Waals surface area contributed by atoms with Crippen LogP contribution < -0.4 is 0 Å². The van der Waals surface area contributed by atoms with Gasteiger partial charge in [-0.3, -0.25) is 0 Å². The number of benzene rings is 2. The zero-order chi connectivity index (χ0) is 16.0. The van der Waals surface area contributed by atoms with Gasteiger partial charge in [0.15, 0.2) is 5.84 Å². The maximum Gasteiger partial charge on any atom is 0.285 e. The second-order valence-corrected chi connectivity index (χ2v) is 7.73. The maximum atomic E-state index is 12.2. The lowest BCUT2D eigenvalue weighted by Crippen LogP contribution is -2.40. The highest BCUT2D eigenvalue weighted by molar-refractivity contribution is 7.90. The van der Waals surface area contributed by atoms with Gasteiger partial charge in [-0.25, -0.2) is 0 Å². The molecule has 4 rings (SSSR count). The monoisotopic (exact) mass is 326 g/mol. The van der Waals surface area contributed by atoms with E-state index in [1.54, 1.807) is 12.1 Å². The van der Waals surface area contributed by atoms with Crippen molar-refractivity contribution in [3.63, 3.8) is 0 Å². The molecule has 1 unspecified atom stereocenters. The van der Waals surface area contributed by atoms with E-state index in [0.717, 1.165) is 19.3 Å². The van der Waals surface area contributed by atoms with Crippen molar-refractivity contribution < 1.29 is 8.42 Å². The first-order valence-corrected chi connectivity index (χ1v) is 9.24. The van der Waals surface area contributed by atoms with Crippen molar-refractivity contribution in [3.8, 4) is 0 Å². The van der Waals surface area contributed by atoms with Crippen LogP contribution in [-0.4, -0.2) is 32.2 Å². The molecule has 0 bridgehead atoms. The minimum Gasteiger partial charge on any atom is -0.355 e. The molecule has 23 heavy (non-hydrogen) atoms. The van der Waals surface area contributed by atoms with Gasteiger partial charge in [-0.1, -0.05) is 36.4 Å². The minimum absolute atomic E-state index is 0.269. The fourth-order valence-electron chi connectivity index (χ4n) is 3.52. The number of hydrogen-bond acceptors (Lipinski definition) is 3. The van der Waals surface area contributed by atoms with Crippen LogP contribution in [0.3, 0.4) is 0 Å². The van der Waals surface area contributed by atoms with E-state index >= 15 is 0 Å². The van der Waals surface area contributed by atoms with Crippen LogP contribution in [0.15, 0.2) is 57.8 Å². The van der Waals surface area contributed by atoms with Gasteiger partial charge in [0.05, 0.1) is 0 Å². The highest BCUT2D eigenvalue weighted by atomic mass is 32.2. The predicted octanol–water partition coefficient (Wildman–Crippen LogP) is 2.62. The highest BCUT2D eigenvalue weighted by Gasteiger charge is 2.33. The number of nitrogens with zero attached hydrogens (tertiary/aromatic N) is 2. The number of aryl methyl sites for hydroxylation is 1. The van der Waals surface area contributed by atoms with E-state index in [4.69, 9.17) is 0 Å². The van der Waals surface area contributed by atoms with E-state index in [2.05, 4.69) is 28.7 Å². The SMILES string of the molecule is CN(C1=NS(=O)(=O)c2ccccc21)C1CCc2ccccc2C1. The molecule has 1 aliphatic carbocycles. The number of sulfonamides is 1. The summed E-state index contributed by atoms with van der Waals surface area (Å²) >= 11 is 0. The van der Waals surface area contributed by atoms with Crippen molar-refractivity contribution in [3.05, 3.63) is 65.2 Å². The van der Waals surface area contributed by atoms with Gasteiger partial charge < -0.3 is 4.90 Å². The first kappa shape index (κ1) is 14.5. The molecule has 2 aromatic rings. The van der Waals surface area contributed by atoms with Crippen molar-refractivity contribution in [1.82, 2.24) is 4.90 Å². The molecule has 0 saturated heterocycles. The van der Waals surface area contributed by atoms with Gasteiger partial charge in [0.1, 0.15) is 4.90 Å². The molecule has 0 fully saturated rings. The zero-order valence-corrected chi connectivity index (χ0v) is 13.8. The van der Waals surface area contributed by atoms with Crippen molar-refractivity contribution in [2.24, 2.45) is 4.40 Å². The van der Waals surface area contributed by atoms with Crippen LogP contribution in [0, 0.1) is 0 Å². The average molecular weight is 326 g/mol. The Balaban J connectivity index is 1.68. The quantitative estimate of drug-likeness (QED) is 0.809. The molecule has 0 aromatic heterocycles. The molecule has 0 saturated carbocycles. The molecule has 0 N–H and O–H groups in total. The molecule has 5 heteroatoms. The van der Waals surface area contributed by atoms with Gasteiger partial charge in [-0.2, -0.15) is 8.42 Å². The second-order valence-electron chi connectivity index (χ2n) is 6.16. The zero-order valence-electron chi connectivity index (χ0n) is 12.9. The van der Waals surface area contributed by atoms with Crippen molar-refractivity contribution in [2.45, 2.75) is 30.2 Å². The van der Waals surface area contributed by atoms with E-state index in [-0.39, 0.29) is 6.04 Å².